The lowest BCUT2D eigenvalue weighted by Crippen LogP contribution is -2.15. The van der Waals surface area contributed by atoms with E-state index in [1.165, 1.54) is 0 Å². The third-order valence-electron chi connectivity index (χ3n) is 1.75. The SMILES string of the molecule is Nc1nc(C(F)F)cc([N+](=O)[O-])c1C(F)(F)F. The smallest absolute Gasteiger partial charge is 0.383 e. The summed E-state index contributed by atoms with van der Waals surface area (Å²) in [6.07, 6.45) is -8.39. The number of alkyl halides is 5. The van der Waals surface area contributed by atoms with Crippen molar-refractivity contribution >= 4 is 11.5 Å². The van der Waals surface area contributed by atoms with Crippen molar-refractivity contribution in [2.24, 2.45) is 0 Å². The summed E-state index contributed by atoms with van der Waals surface area (Å²) in [5, 5.41) is 10.4. The Hall–Kier alpha value is -2.00. The minimum Gasteiger partial charge on any atom is -0.383 e. The van der Waals surface area contributed by atoms with E-state index in [1.54, 1.807) is 0 Å². The molecule has 0 spiro atoms. The monoisotopic (exact) mass is 257 g/mol. The first-order chi connectivity index (χ1) is 7.64. The van der Waals surface area contributed by atoms with E-state index in [1.807, 2.05) is 0 Å². The van der Waals surface area contributed by atoms with E-state index in [2.05, 4.69) is 4.98 Å². The Kier molecular flexibility index (Phi) is 3.16. The second kappa shape index (κ2) is 4.11. The highest BCUT2D eigenvalue weighted by Gasteiger charge is 2.42. The molecule has 1 aromatic rings. The summed E-state index contributed by atoms with van der Waals surface area (Å²) < 4.78 is 61.6. The van der Waals surface area contributed by atoms with Crippen molar-refractivity contribution in [2.45, 2.75) is 12.6 Å². The number of nitrogens with zero attached hydrogens (tertiary/aromatic N) is 2. The molecule has 0 atom stereocenters. The second-order valence-corrected chi connectivity index (χ2v) is 2.88. The van der Waals surface area contributed by atoms with Crippen LogP contribution in [0.1, 0.15) is 17.7 Å². The largest absolute Gasteiger partial charge is 0.426 e. The summed E-state index contributed by atoms with van der Waals surface area (Å²) in [6.45, 7) is 0. The van der Waals surface area contributed by atoms with Gasteiger partial charge in [-0.05, 0) is 0 Å². The zero-order valence-electron chi connectivity index (χ0n) is 7.83. The van der Waals surface area contributed by atoms with Crippen LogP contribution >= 0.6 is 0 Å². The van der Waals surface area contributed by atoms with Gasteiger partial charge in [0.1, 0.15) is 11.5 Å². The molecule has 0 bridgehead atoms. The van der Waals surface area contributed by atoms with E-state index < -0.39 is 40.3 Å². The van der Waals surface area contributed by atoms with Crippen LogP contribution < -0.4 is 5.73 Å². The minimum absolute atomic E-state index is 0.0594. The fraction of sp³-hybridized carbons (Fsp3) is 0.286. The van der Waals surface area contributed by atoms with E-state index in [0.717, 1.165) is 0 Å². The van der Waals surface area contributed by atoms with Gasteiger partial charge in [0, 0.05) is 6.07 Å². The molecular weight excluding hydrogens is 253 g/mol. The summed E-state index contributed by atoms with van der Waals surface area (Å²) in [5.41, 5.74) is 0.268. The fourth-order valence-electron chi connectivity index (χ4n) is 1.12. The van der Waals surface area contributed by atoms with Crippen molar-refractivity contribution in [3.8, 4) is 0 Å². The summed E-state index contributed by atoms with van der Waals surface area (Å²) in [5.74, 6) is -1.35. The van der Waals surface area contributed by atoms with Gasteiger partial charge >= 0.3 is 6.18 Å². The average Bonchev–Trinajstić information content (AvgIpc) is 2.13. The number of nitrogen functional groups attached to an aromatic ring is 1. The highest BCUT2D eigenvalue weighted by molar-refractivity contribution is 5.56. The molecule has 0 aliphatic rings. The Morgan fingerprint density at radius 3 is 2.29 bits per heavy atom. The second-order valence-electron chi connectivity index (χ2n) is 2.88. The summed E-state index contributed by atoms with van der Waals surface area (Å²) in [6, 6.07) is 0.0594. The van der Waals surface area contributed by atoms with E-state index in [9.17, 15) is 32.1 Å². The summed E-state index contributed by atoms with van der Waals surface area (Å²) in [4.78, 5) is 11.7. The number of hydrogen-bond donors (Lipinski definition) is 1. The van der Waals surface area contributed by atoms with Crippen molar-refractivity contribution < 1.29 is 26.9 Å². The van der Waals surface area contributed by atoms with Crippen LogP contribution in [-0.2, 0) is 6.18 Å². The Bertz CT molecular complexity index is 460. The Balaban J connectivity index is 3.56. The van der Waals surface area contributed by atoms with Gasteiger partial charge in [-0.25, -0.2) is 13.8 Å². The molecule has 0 radical (unpaired) electrons. The van der Waals surface area contributed by atoms with Crippen LogP contribution in [0.15, 0.2) is 6.07 Å². The number of pyridine rings is 1. The Morgan fingerprint density at radius 1 is 1.41 bits per heavy atom. The lowest BCUT2D eigenvalue weighted by atomic mass is 10.2. The van der Waals surface area contributed by atoms with E-state index in [-0.39, 0.29) is 6.07 Å². The highest BCUT2D eigenvalue weighted by Crippen LogP contribution is 2.40. The van der Waals surface area contributed by atoms with Gasteiger partial charge in [-0.2, -0.15) is 13.2 Å². The molecule has 1 aromatic heterocycles. The fourth-order valence-corrected chi connectivity index (χ4v) is 1.12. The first kappa shape index (κ1) is 13.1. The number of anilines is 1. The molecule has 10 heteroatoms. The van der Waals surface area contributed by atoms with Gasteiger partial charge in [0.05, 0.1) is 4.92 Å². The number of rotatable bonds is 2. The zero-order valence-corrected chi connectivity index (χ0v) is 7.83. The van der Waals surface area contributed by atoms with Crippen LogP contribution in [0.3, 0.4) is 0 Å². The topological polar surface area (TPSA) is 82.0 Å². The Labute approximate surface area is 90.2 Å². The maximum atomic E-state index is 12.4. The Morgan fingerprint density at radius 2 is 1.94 bits per heavy atom. The molecular formula is C7H4F5N3O2. The molecule has 0 fully saturated rings. The van der Waals surface area contributed by atoms with Crippen molar-refractivity contribution in [3.63, 3.8) is 0 Å². The lowest BCUT2D eigenvalue weighted by Gasteiger charge is -2.10. The molecule has 0 aliphatic carbocycles. The summed E-state index contributed by atoms with van der Waals surface area (Å²) >= 11 is 0. The van der Waals surface area contributed by atoms with Crippen molar-refractivity contribution in [1.82, 2.24) is 4.98 Å². The van der Waals surface area contributed by atoms with E-state index in [0.29, 0.717) is 0 Å². The normalized spacial score (nSPS) is 11.9. The third kappa shape index (κ3) is 2.57. The molecule has 1 rings (SSSR count). The van der Waals surface area contributed by atoms with Crippen LogP contribution in [0.4, 0.5) is 33.5 Å². The molecule has 0 saturated heterocycles. The predicted molar refractivity (Wildman–Crippen MR) is 45.3 cm³/mol. The van der Waals surface area contributed by atoms with Crippen molar-refractivity contribution in [1.29, 1.82) is 0 Å². The standard InChI is InChI=1S/C7H4F5N3O2/c8-5(9)2-1-3(15(16)17)4(6(13)14-2)7(10,11)12/h1,5H,(H2,13,14). The molecule has 0 saturated carbocycles. The van der Waals surface area contributed by atoms with Crippen molar-refractivity contribution in [2.75, 3.05) is 5.73 Å². The molecule has 5 nitrogen and oxygen atoms in total. The number of nitrogens with two attached hydrogens (primary N) is 1. The molecule has 0 amide bonds. The maximum Gasteiger partial charge on any atom is 0.426 e. The van der Waals surface area contributed by atoms with Gasteiger partial charge in [0.25, 0.3) is 12.1 Å². The van der Waals surface area contributed by atoms with E-state index >= 15 is 0 Å². The van der Waals surface area contributed by atoms with Crippen LogP contribution in [-0.4, -0.2) is 9.91 Å². The van der Waals surface area contributed by atoms with Gasteiger partial charge < -0.3 is 5.73 Å². The quantitative estimate of drug-likeness (QED) is 0.501. The van der Waals surface area contributed by atoms with E-state index in [4.69, 9.17) is 5.73 Å². The first-order valence-electron chi connectivity index (χ1n) is 3.94. The third-order valence-corrected chi connectivity index (χ3v) is 1.75. The van der Waals surface area contributed by atoms with Crippen LogP contribution in [0.5, 0.6) is 0 Å². The summed E-state index contributed by atoms with van der Waals surface area (Å²) in [7, 11) is 0. The van der Waals surface area contributed by atoms with Gasteiger partial charge in [0.15, 0.2) is 5.56 Å². The van der Waals surface area contributed by atoms with Crippen molar-refractivity contribution in [3.05, 3.63) is 27.4 Å². The van der Waals surface area contributed by atoms with Crippen LogP contribution in [0.2, 0.25) is 0 Å². The van der Waals surface area contributed by atoms with Gasteiger partial charge in [-0.3, -0.25) is 10.1 Å². The lowest BCUT2D eigenvalue weighted by molar-refractivity contribution is -0.388. The molecule has 2 N–H and O–H groups in total. The van der Waals surface area contributed by atoms with Crippen LogP contribution in [0, 0.1) is 10.1 Å². The number of aromatic nitrogens is 1. The minimum atomic E-state index is -5.14. The van der Waals surface area contributed by atoms with Gasteiger partial charge in [-0.1, -0.05) is 0 Å². The van der Waals surface area contributed by atoms with Gasteiger partial charge in [0.2, 0.25) is 0 Å². The maximum absolute atomic E-state index is 12.4. The predicted octanol–water partition coefficient (Wildman–Crippen LogP) is 2.53. The molecule has 17 heavy (non-hydrogen) atoms. The molecule has 0 aliphatic heterocycles. The molecule has 0 unspecified atom stereocenters. The first-order valence-corrected chi connectivity index (χ1v) is 3.94. The number of nitro groups is 1. The number of halogens is 5. The molecule has 1 heterocycles. The number of hydrogen-bond acceptors (Lipinski definition) is 4. The average molecular weight is 257 g/mol. The molecule has 94 valence electrons. The zero-order chi connectivity index (χ0) is 13.4. The highest BCUT2D eigenvalue weighted by atomic mass is 19.4. The van der Waals surface area contributed by atoms with Gasteiger partial charge in [-0.15, -0.1) is 0 Å². The molecule has 0 aromatic carbocycles. The van der Waals surface area contributed by atoms with Crippen LogP contribution in [0.25, 0.3) is 0 Å².